The third-order valence-corrected chi connectivity index (χ3v) is 4.65. The Kier molecular flexibility index (Phi) is 18.5. The van der Waals surface area contributed by atoms with E-state index >= 15 is 0 Å². The molecule has 0 aromatic carbocycles. The highest BCUT2D eigenvalue weighted by atomic mass is 31.2. The lowest BCUT2D eigenvalue weighted by atomic mass is 10.1. The summed E-state index contributed by atoms with van der Waals surface area (Å²) in [7, 11) is -4.66. The van der Waals surface area contributed by atoms with Crippen molar-refractivity contribution in [2.45, 2.75) is 76.9 Å². The first-order valence-corrected chi connectivity index (χ1v) is 12.1. The summed E-state index contributed by atoms with van der Waals surface area (Å²) in [5, 5.41) is 17.9. The van der Waals surface area contributed by atoms with Crippen molar-refractivity contribution < 1.29 is 43.7 Å². The SMILES string of the molecule is CC/C=C\C=C\C(C/C=C\CCCCCCCC(=O)OC(CO)COP(=O)(O)O)OO. The molecule has 9 nitrogen and oxygen atoms in total. The van der Waals surface area contributed by atoms with E-state index in [1.165, 1.54) is 0 Å². The summed E-state index contributed by atoms with van der Waals surface area (Å²) in [6, 6.07) is 0. The molecule has 0 bridgehead atoms. The van der Waals surface area contributed by atoms with Crippen molar-refractivity contribution in [1.29, 1.82) is 0 Å². The smallest absolute Gasteiger partial charge is 0.457 e. The number of esters is 1. The fourth-order valence-corrected chi connectivity index (χ4v) is 2.88. The van der Waals surface area contributed by atoms with E-state index < -0.39 is 33.1 Å². The van der Waals surface area contributed by atoms with Gasteiger partial charge in [-0.3, -0.25) is 14.6 Å². The predicted molar refractivity (Wildman–Crippen MR) is 117 cm³/mol. The number of phosphoric acid groups is 1. The van der Waals surface area contributed by atoms with Gasteiger partial charge in [0, 0.05) is 6.42 Å². The molecule has 0 aliphatic carbocycles. The van der Waals surface area contributed by atoms with Gasteiger partial charge in [-0.15, -0.1) is 0 Å². The minimum Gasteiger partial charge on any atom is -0.457 e. The van der Waals surface area contributed by atoms with E-state index in [0.717, 1.165) is 38.5 Å². The average molecular weight is 464 g/mol. The molecule has 0 amide bonds. The average Bonchev–Trinajstić information content (AvgIpc) is 2.73. The highest BCUT2D eigenvalue weighted by Crippen LogP contribution is 2.35. The van der Waals surface area contributed by atoms with Crippen LogP contribution in [0.15, 0.2) is 36.5 Å². The molecule has 10 heteroatoms. The Labute approximate surface area is 184 Å². The van der Waals surface area contributed by atoms with Crippen LogP contribution < -0.4 is 0 Å². The van der Waals surface area contributed by atoms with Crippen LogP contribution in [0.4, 0.5) is 0 Å². The molecule has 0 radical (unpaired) electrons. The van der Waals surface area contributed by atoms with E-state index in [2.05, 4.69) is 15.5 Å². The highest BCUT2D eigenvalue weighted by molar-refractivity contribution is 7.46. The van der Waals surface area contributed by atoms with Gasteiger partial charge in [0.25, 0.3) is 0 Å². The maximum atomic E-state index is 11.7. The standard InChI is InChI=1S/C21H37O9P/c1-2-3-4-11-14-19(30-24)15-12-9-7-5-6-8-10-13-16-21(23)29-20(17-22)18-28-31(25,26)27/h3-4,9,11-12,14,19-20,22,24H,2,5-8,10,13,15-18H2,1H3,(H2,25,26,27)/b4-3-,12-9-,14-11+. The molecule has 0 saturated carbocycles. The number of carbonyl (C=O) groups is 1. The summed E-state index contributed by atoms with van der Waals surface area (Å²) in [5.41, 5.74) is 0. The van der Waals surface area contributed by atoms with Crippen LogP contribution in [0.2, 0.25) is 0 Å². The van der Waals surface area contributed by atoms with Gasteiger partial charge in [-0.05, 0) is 32.1 Å². The van der Waals surface area contributed by atoms with E-state index in [9.17, 15) is 9.36 Å². The lowest BCUT2D eigenvalue weighted by Gasteiger charge is -2.15. The molecule has 0 spiro atoms. The zero-order valence-corrected chi connectivity index (χ0v) is 19.1. The minimum atomic E-state index is -4.66. The monoisotopic (exact) mass is 464 g/mol. The second kappa shape index (κ2) is 19.4. The summed E-state index contributed by atoms with van der Waals surface area (Å²) in [6.45, 7) is 0.917. The number of allylic oxidation sites excluding steroid dienone is 4. The fourth-order valence-electron chi connectivity index (χ4n) is 2.52. The summed E-state index contributed by atoms with van der Waals surface area (Å²) in [4.78, 5) is 33.3. The Morgan fingerprint density at radius 3 is 2.39 bits per heavy atom. The number of aliphatic hydroxyl groups excluding tert-OH is 1. The molecule has 180 valence electrons. The van der Waals surface area contributed by atoms with Crippen LogP contribution in [0.25, 0.3) is 0 Å². The third-order valence-electron chi connectivity index (χ3n) is 4.16. The summed E-state index contributed by atoms with van der Waals surface area (Å²) in [5.74, 6) is -0.531. The molecular weight excluding hydrogens is 427 g/mol. The van der Waals surface area contributed by atoms with Gasteiger partial charge in [-0.25, -0.2) is 9.45 Å². The quantitative estimate of drug-likeness (QED) is 0.0423. The Morgan fingerprint density at radius 1 is 1.03 bits per heavy atom. The number of unbranched alkanes of at least 4 members (excludes halogenated alkanes) is 5. The van der Waals surface area contributed by atoms with Crippen LogP contribution in [0.3, 0.4) is 0 Å². The minimum absolute atomic E-state index is 0.176. The van der Waals surface area contributed by atoms with Gasteiger partial charge >= 0.3 is 13.8 Å². The van der Waals surface area contributed by atoms with Crippen LogP contribution in [0.1, 0.15) is 64.7 Å². The molecule has 0 heterocycles. The van der Waals surface area contributed by atoms with Gasteiger partial charge in [-0.2, -0.15) is 0 Å². The van der Waals surface area contributed by atoms with Gasteiger partial charge in [-0.1, -0.05) is 62.6 Å². The first kappa shape index (κ1) is 29.7. The van der Waals surface area contributed by atoms with Crippen LogP contribution in [0.5, 0.6) is 0 Å². The topological polar surface area (TPSA) is 143 Å². The van der Waals surface area contributed by atoms with Gasteiger partial charge < -0.3 is 19.6 Å². The highest BCUT2D eigenvalue weighted by Gasteiger charge is 2.20. The van der Waals surface area contributed by atoms with Gasteiger partial charge in [0.05, 0.1) is 13.2 Å². The number of aliphatic hydroxyl groups is 1. The third kappa shape index (κ3) is 20.3. The van der Waals surface area contributed by atoms with Crippen LogP contribution in [0, 0.1) is 0 Å². The van der Waals surface area contributed by atoms with E-state index in [0.29, 0.717) is 12.8 Å². The number of hydrogen-bond acceptors (Lipinski definition) is 7. The number of hydrogen-bond donors (Lipinski definition) is 4. The van der Waals surface area contributed by atoms with E-state index in [-0.39, 0.29) is 12.5 Å². The zero-order valence-electron chi connectivity index (χ0n) is 18.2. The molecule has 0 aromatic heterocycles. The van der Waals surface area contributed by atoms with Crippen LogP contribution in [-0.2, 0) is 23.5 Å². The van der Waals surface area contributed by atoms with Gasteiger partial charge in [0.15, 0.2) is 0 Å². The Bertz CT molecular complexity index is 583. The largest absolute Gasteiger partial charge is 0.469 e. The molecule has 0 aliphatic rings. The zero-order chi connectivity index (χ0) is 23.4. The van der Waals surface area contributed by atoms with Gasteiger partial charge in [0.2, 0.25) is 0 Å². The van der Waals surface area contributed by atoms with Crippen molar-refractivity contribution in [2.24, 2.45) is 0 Å². The first-order valence-electron chi connectivity index (χ1n) is 10.6. The Hall–Kier alpha value is -1.32. The summed E-state index contributed by atoms with van der Waals surface area (Å²) < 4.78 is 19.8. The predicted octanol–water partition coefficient (Wildman–Crippen LogP) is 4.06. The Morgan fingerprint density at radius 2 is 1.74 bits per heavy atom. The number of rotatable bonds is 19. The molecule has 31 heavy (non-hydrogen) atoms. The summed E-state index contributed by atoms with van der Waals surface area (Å²) >= 11 is 0. The lowest BCUT2D eigenvalue weighted by molar-refractivity contribution is -0.264. The van der Waals surface area contributed by atoms with Crippen molar-refractivity contribution in [3.8, 4) is 0 Å². The van der Waals surface area contributed by atoms with Crippen molar-refractivity contribution >= 4 is 13.8 Å². The number of ether oxygens (including phenoxy) is 1. The van der Waals surface area contributed by atoms with E-state index in [4.69, 9.17) is 24.9 Å². The van der Waals surface area contributed by atoms with Crippen molar-refractivity contribution in [3.05, 3.63) is 36.5 Å². The second-order valence-corrected chi connectivity index (χ2v) is 8.20. The van der Waals surface area contributed by atoms with Gasteiger partial charge in [0.1, 0.15) is 12.2 Å². The maximum absolute atomic E-state index is 11.7. The molecule has 4 N–H and O–H groups in total. The molecule has 0 rings (SSSR count). The normalized spacial score (nSPS) is 14.6. The fraction of sp³-hybridized carbons (Fsp3) is 0.667. The lowest BCUT2D eigenvalue weighted by Crippen LogP contribution is -2.26. The Balaban J connectivity index is 3.76. The van der Waals surface area contributed by atoms with E-state index in [1.54, 1.807) is 6.08 Å². The molecule has 0 fully saturated rings. The molecule has 0 saturated heterocycles. The van der Waals surface area contributed by atoms with Crippen molar-refractivity contribution in [1.82, 2.24) is 0 Å². The number of phosphoric ester groups is 1. The molecular formula is C21H37O9P. The summed E-state index contributed by atoms with van der Waals surface area (Å²) in [6.07, 6.45) is 17.4. The maximum Gasteiger partial charge on any atom is 0.469 e. The van der Waals surface area contributed by atoms with Crippen LogP contribution in [-0.4, -0.2) is 51.5 Å². The van der Waals surface area contributed by atoms with Crippen LogP contribution >= 0.6 is 7.82 Å². The molecule has 2 unspecified atom stereocenters. The molecule has 0 aromatic rings. The van der Waals surface area contributed by atoms with Crippen molar-refractivity contribution in [2.75, 3.05) is 13.2 Å². The first-order chi connectivity index (χ1) is 14.8. The molecule has 2 atom stereocenters. The molecule has 0 aliphatic heterocycles. The van der Waals surface area contributed by atoms with Crippen molar-refractivity contribution in [3.63, 3.8) is 0 Å². The van der Waals surface area contributed by atoms with E-state index in [1.807, 2.05) is 31.2 Å². The number of carbonyl (C=O) groups excluding carboxylic acids is 1. The second-order valence-electron chi connectivity index (χ2n) is 6.96.